The van der Waals surface area contributed by atoms with Crippen molar-refractivity contribution in [3.8, 4) is 5.75 Å². The average molecular weight is 587 g/mol. The van der Waals surface area contributed by atoms with Crippen LogP contribution in [0.2, 0.25) is 0 Å². The second-order valence-electron chi connectivity index (χ2n) is 10.7. The van der Waals surface area contributed by atoms with Crippen LogP contribution < -0.4 is 15.4 Å². The van der Waals surface area contributed by atoms with Gasteiger partial charge in [-0.25, -0.2) is 27.3 Å². The van der Waals surface area contributed by atoms with Crippen molar-refractivity contribution < 1.29 is 36.6 Å². The third kappa shape index (κ3) is 6.99. The highest BCUT2D eigenvalue weighted by atomic mass is 19.2. The number of imidazole rings is 1. The molecule has 42 heavy (non-hydrogen) atoms. The normalized spacial score (nSPS) is 12.2. The Labute approximate surface area is 239 Å². The van der Waals surface area contributed by atoms with Crippen LogP contribution in [0.3, 0.4) is 0 Å². The molecule has 0 radical (unpaired) electrons. The molecule has 2 N–H and O–H groups in total. The molecule has 4 aromatic rings. The lowest BCUT2D eigenvalue weighted by atomic mass is 10.1. The number of carbonyl (C=O) groups excluding carboxylic acids is 2. The first-order valence-corrected chi connectivity index (χ1v) is 13.0. The number of aryl methyl sites for hydroxylation is 2. The van der Waals surface area contributed by atoms with Crippen LogP contribution >= 0.6 is 0 Å². The van der Waals surface area contributed by atoms with Crippen molar-refractivity contribution in [2.75, 3.05) is 6.54 Å². The Morgan fingerprint density at radius 3 is 2.31 bits per heavy atom. The highest BCUT2D eigenvalue weighted by Crippen LogP contribution is 2.27. The van der Waals surface area contributed by atoms with Gasteiger partial charge in [0, 0.05) is 12.7 Å². The maximum atomic E-state index is 14.2. The molecule has 1 unspecified atom stereocenters. The van der Waals surface area contributed by atoms with Gasteiger partial charge in [0.2, 0.25) is 0 Å². The van der Waals surface area contributed by atoms with Gasteiger partial charge in [0.1, 0.15) is 29.5 Å². The standard InChI is InChI=1S/C30H30F4N4O4/c1-16-11-25(41-15-19-20(31)7-6-8-21(19)32)27-36-17(2)26(38(27)14-16)28(39)37-24(13-35-29(40)42-30(3,4)5)18-9-10-22(33)23(34)12-18/h6-12,14,24H,13,15H2,1-5H3,(H,35,40)(H,37,39). The number of hydrogen-bond acceptors (Lipinski definition) is 5. The Morgan fingerprint density at radius 2 is 1.67 bits per heavy atom. The number of ether oxygens (including phenoxy) is 2. The largest absolute Gasteiger partial charge is 0.485 e. The molecule has 1 atom stereocenters. The molecule has 2 aromatic carbocycles. The van der Waals surface area contributed by atoms with E-state index < -0.39 is 53.5 Å². The summed E-state index contributed by atoms with van der Waals surface area (Å²) < 4.78 is 68.5. The highest BCUT2D eigenvalue weighted by molar-refractivity contribution is 5.95. The van der Waals surface area contributed by atoms with E-state index in [2.05, 4.69) is 15.6 Å². The van der Waals surface area contributed by atoms with Crippen molar-refractivity contribution in [1.82, 2.24) is 20.0 Å². The number of aromatic nitrogens is 2. The molecule has 0 spiro atoms. The third-order valence-corrected chi connectivity index (χ3v) is 6.15. The summed E-state index contributed by atoms with van der Waals surface area (Å²) in [7, 11) is 0. The van der Waals surface area contributed by atoms with Crippen molar-refractivity contribution in [2.45, 2.75) is 52.9 Å². The van der Waals surface area contributed by atoms with Gasteiger partial charge in [-0.2, -0.15) is 0 Å². The summed E-state index contributed by atoms with van der Waals surface area (Å²) in [4.78, 5) is 30.3. The number of nitrogens with one attached hydrogen (secondary N) is 2. The molecule has 2 amide bonds. The zero-order valence-corrected chi connectivity index (χ0v) is 23.6. The number of halogens is 4. The number of rotatable bonds is 8. The van der Waals surface area contributed by atoms with E-state index in [4.69, 9.17) is 9.47 Å². The number of alkyl carbamates (subject to hydrolysis) is 1. The van der Waals surface area contributed by atoms with E-state index in [0.29, 0.717) is 11.3 Å². The molecule has 0 bridgehead atoms. The molecule has 0 aliphatic carbocycles. The molecule has 2 aromatic heterocycles. The molecule has 0 aliphatic heterocycles. The summed E-state index contributed by atoms with van der Waals surface area (Å²) in [6, 6.07) is 7.26. The first-order chi connectivity index (χ1) is 19.7. The summed E-state index contributed by atoms with van der Waals surface area (Å²) in [5, 5.41) is 5.28. The van der Waals surface area contributed by atoms with E-state index >= 15 is 0 Å². The Balaban J connectivity index is 1.64. The van der Waals surface area contributed by atoms with Gasteiger partial charge in [-0.15, -0.1) is 0 Å². The van der Waals surface area contributed by atoms with Gasteiger partial charge in [-0.3, -0.25) is 9.20 Å². The molecule has 2 heterocycles. The van der Waals surface area contributed by atoms with E-state index in [0.717, 1.165) is 24.3 Å². The summed E-state index contributed by atoms with van der Waals surface area (Å²) in [5.41, 5.74) is 0.415. The van der Waals surface area contributed by atoms with Gasteiger partial charge in [0.05, 0.1) is 17.3 Å². The molecule has 0 fully saturated rings. The lowest BCUT2D eigenvalue weighted by Crippen LogP contribution is -2.40. The zero-order valence-electron chi connectivity index (χ0n) is 23.6. The first-order valence-electron chi connectivity index (χ1n) is 13.0. The van der Waals surface area contributed by atoms with Crippen LogP contribution in [-0.4, -0.2) is 33.5 Å². The fourth-order valence-electron chi connectivity index (χ4n) is 4.27. The lowest BCUT2D eigenvalue weighted by molar-refractivity contribution is 0.0519. The summed E-state index contributed by atoms with van der Waals surface area (Å²) in [5.74, 6) is -4.18. The number of pyridine rings is 1. The van der Waals surface area contributed by atoms with Gasteiger partial charge >= 0.3 is 6.09 Å². The minimum atomic E-state index is -1.13. The van der Waals surface area contributed by atoms with E-state index in [1.165, 1.54) is 16.5 Å². The zero-order chi connectivity index (χ0) is 30.8. The van der Waals surface area contributed by atoms with Crippen LogP contribution in [0, 0.1) is 37.1 Å². The van der Waals surface area contributed by atoms with Crippen LogP contribution in [0.15, 0.2) is 48.7 Å². The predicted molar refractivity (Wildman–Crippen MR) is 146 cm³/mol. The Kier molecular flexibility index (Phi) is 8.74. The minimum Gasteiger partial charge on any atom is -0.485 e. The van der Waals surface area contributed by atoms with Crippen molar-refractivity contribution in [3.05, 3.63) is 100 Å². The van der Waals surface area contributed by atoms with Crippen LogP contribution in [0.25, 0.3) is 5.65 Å². The number of nitrogens with zero attached hydrogens (tertiary/aromatic N) is 2. The van der Waals surface area contributed by atoms with Crippen LogP contribution in [0.5, 0.6) is 5.75 Å². The van der Waals surface area contributed by atoms with E-state index in [1.807, 2.05) is 0 Å². The average Bonchev–Trinajstić information content (AvgIpc) is 3.22. The molecule has 8 nitrogen and oxygen atoms in total. The number of carbonyl (C=O) groups is 2. The SMILES string of the molecule is Cc1cc(OCc2c(F)cccc2F)c2nc(C)c(C(=O)NC(CNC(=O)OC(C)(C)C)c3ccc(F)c(F)c3)n2c1. The van der Waals surface area contributed by atoms with E-state index in [9.17, 15) is 27.2 Å². The Bertz CT molecular complexity index is 1630. The molecule has 0 aliphatic rings. The third-order valence-electron chi connectivity index (χ3n) is 6.15. The van der Waals surface area contributed by atoms with E-state index in [-0.39, 0.29) is 34.8 Å². The van der Waals surface area contributed by atoms with Gasteiger partial charge in [0.15, 0.2) is 23.0 Å². The highest BCUT2D eigenvalue weighted by Gasteiger charge is 2.25. The second kappa shape index (κ2) is 12.1. The van der Waals surface area contributed by atoms with Crippen LogP contribution in [-0.2, 0) is 11.3 Å². The van der Waals surface area contributed by atoms with Crippen LogP contribution in [0.4, 0.5) is 22.4 Å². The number of amides is 2. The monoisotopic (exact) mass is 586 g/mol. The molecule has 0 saturated carbocycles. The Morgan fingerprint density at radius 1 is 0.976 bits per heavy atom. The van der Waals surface area contributed by atoms with E-state index in [1.54, 1.807) is 46.9 Å². The fraction of sp³-hybridized carbons (Fsp3) is 0.300. The summed E-state index contributed by atoms with van der Waals surface area (Å²) in [6.45, 7) is 7.75. The topological polar surface area (TPSA) is 94.0 Å². The number of hydrogen-bond donors (Lipinski definition) is 2. The van der Waals surface area contributed by atoms with Gasteiger partial charge < -0.3 is 20.1 Å². The van der Waals surface area contributed by atoms with Gasteiger partial charge in [-0.1, -0.05) is 12.1 Å². The molecule has 12 heteroatoms. The maximum absolute atomic E-state index is 14.2. The molecule has 4 rings (SSSR count). The number of fused-ring (bicyclic) bond motifs is 1. The quantitative estimate of drug-likeness (QED) is 0.244. The van der Waals surface area contributed by atoms with Crippen molar-refractivity contribution in [1.29, 1.82) is 0 Å². The maximum Gasteiger partial charge on any atom is 0.407 e. The van der Waals surface area contributed by atoms with Gasteiger partial charge in [-0.05, 0) is 76.1 Å². The van der Waals surface area contributed by atoms with Crippen molar-refractivity contribution in [2.24, 2.45) is 0 Å². The number of benzene rings is 2. The molecular formula is C30H30F4N4O4. The van der Waals surface area contributed by atoms with Crippen LogP contribution in [0.1, 0.15) is 59.7 Å². The van der Waals surface area contributed by atoms with Crippen molar-refractivity contribution >= 4 is 17.6 Å². The summed E-state index contributed by atoms with van der Waals surface area (Å²) in [6.07, 6.45) is 0.866. The van der Waals surface area contributed by atoms with Gasteiger partial charge in [0.25, 0.3) is 5.91 Å². The Hall–Kier alpha value is -4.61. The first kappa shape index (κ1) is 30.4. The second-order valence-corrected chi connectivity index (χ2v) is 10.7. The van der Waals surface area contributed by atoms with Crippen molar-refractivity contribution in [3.63, 3.8) is 0 Å². The lowest BCUT2D eigenvalue weighted by Gasteiger charge is -2.23. The summed E-state index contributed by atoms with van der Waals surface area (Å²) >= 11 is 0. The molecule has 222 valence electrons. The predicted octanol–water partition coefficient (Wildman–Crippen LogP) is 6.08. The molecular weight excluding hydrogens is 556 g/mol. The smallest absolute Gasteiger partial charge is 0.407 e. The minimum absolute atomic E-state index is 0.0977. The fourth-order valence-corrected chi connectivity index (χ4v) is 4.27. The molecule has 0 saturated heterocycles.